The number of para-hydroxylation sites is 1. The van der Waals surface area contributed by atoms with Crippen LogP contribution < -0.4 is 4.74 Å². The average molecular weight is 300 g/mol. The second-order valence-electron chi connectivity index (χ2n) is 5.68. The van der Waals surface area contributed by atoms with Crippen molar-refractivity contribution < 1.29 is 4.74 Å². The first-order valence-electron chi connectivity index (χ1n) is 7.31. The van der Waals surface area contributed by atoms with E-state index in [4.69, 9.17) is 9.72 Å². The Morgan fingerprint density at radius 1 is 1.24 bits per heavy atom. The molecule has 2 aromatic rings. The van der Waals surface area contributed by atoms with Crippen LogP contribution in [0.3, 0.4) is 0 Å². The third-order valence-corrected chi connectivity index (χ3v) is 4.60. The molecule has 0 saturated heterocycles. The van der Waals surface area contributed by atoms with Crippen LogP contribution in [0.25, 0.3) is 0 Å². The third-order valence-electron chi connectivity index (χ3n) is 3.95. The topological polar surface area (TPSA) is 35.0 Å². The highest BCUT2D eigenvalue weighted by Crippen LogP contribution is 2.40. The van der Waals surface area contributed by atoms with Gasteiger partial charge in [-0.2, -0.15) is 0 Å². The number of ether oxygens (including phenoxy) is 1. The minimum atomic E-state index is 0.214. The van der Waals surface area contributed by atoms with E-state index in [1.54, 1.807) is 11.8 Å². The van der Waals surface area contributed by atoms with Crippen molar-refractivity contribution in [2.24, 2.45) is 5.92 Å². The molecule has 0 radical (unpaired) electrons. The summed E-state index contributed by atoms with van der Waals surface area (Å²) in [5.41, 5.74) is 1.20. The maximum atomic E-state index is 6.14. The molecule has 1 aromatic carbocycles. The summed E-state index contributed by atoms with van der Waals surface area (Å²) >= 11 is 1.65. The third kappa shape index (κ3) is 2.91. The smallest absolute Gasteiger partial charge is 0.137 e. The van der Waals surface area contributed by atoms with Gasteiger partial charge in [0.2, 0.25) is 0 Å². The highest BCUT2D eigenvalue weighted by Gasteiger charge is 2.32. The zero-order valence-electron chi connectivity index (χ0n) is 12.6. The predicted octanol–water partition coefficient (Wildman–Crippen LogP) is 4.14. The van der Waals surface area contributed by atoms with Gasteiger partial charge in [0.1, 0.15) is 17.7 Å². The summed E-state index contributed by atoms with van der Waals surface area (Å²) in [4.78, 5) is 9.23. The summed E-state index contributed by atoms with van der Waals surface area (Å²) < 4.78 is 6.14. The molecule has 0 aliphatic carbocycles. The van der Waals surface area contributed by atoms with E-state index in [-0.39, 0.29) is 12.0 Å². The number of fused-ring (bicyclic) bond motifs is 1. The molecule has 2 unspecified atom stereocenters. The van der Waals surface area contributed by atoms with Gasteiger partial charge in [-0.3, -0.25) is 0 Å². The Kier molecular flexibility index (Phi) is 4.15. The molecule has 0 N–H and O–H groups in total. The molecule has 0 spiro atoms. The van der Waals surface area contributed by atoms with E-state index in [0.29, 0.717) is 5.92 Å². The van der Waals surface area contributed by atoms with Crippen LogP contribution in [0, 0.1) is 5.92 Å². The van der Waals surface area contributed by atoms with Crippen molar-refractivity contribution in [3.63, 3.8) is 0 Å². The molecule has 2 heterocycles. The van der Waals surface area contributed by atoms with Crippen molar-refractivity contribution in [2.45, 2.75) is 37.3 Å². The minimum Gasteiger partial charge on any atom is -0.490 e. The van der Waals surface area contributed by atoms with Crippen LogP contribution in [0.15, 0.2) is 41.6 Å². The van der Waals surface area contributed by atoms with Crippen LogP contribution in [0.2, 0.25) is 0 Å². The molecule has 3 rings (SSSR count). The molecule has 0 fully saturated rings. The lowest BCUT2D eigenvalue weighted by atomic mass is 9.85. The highest BCUT2D eigenvalue weighted by atomic mass is 32.2. The minimum absolute atomic E-state index is 0.214. The van der Waals surface area contributed by atoms with E-state index in [2.05, 4.69) is 37.0 Å². The van der Waals surface area contributed by atoms with Gasteiger partial charge in [0.15, 0.2) is 0 Å². The Labute approximate surface area is 130 Å². The molecule has 110 valence electrons. The first-order chi connectivity index (χ1) is 10.2. The second-order valence-corrected chi connectivity index (χ2v) is 6.51. The summed E-state index contributed by atoms with van der Waals surface area (Å²) in [7, 11) is 0. The summed E-state index contributed by atoms with van der Waals surface area (Å²) in [6.45, 7) is 4.41. The van der Waals surface area contributed by atoms with Gasteiger partial charge in [-0.15, -0.1) is 11.8 Å². The number of thioether (sulfide) groups is 1. The lowest BCUT2D eigenvalue weighted by Crippen LogP contribution is -2.31. The number of benzene rings is 1. The van der Waals surface area contributed by atoms with Crippen LogP contribution in [0.4, 0.5) is 0 Å². The second kappa shape index (κ2) is 6.06. The van der Waals surface area contributed by atoms with Gasteiger partial charge in [0, 0.05) is 11.8 Å². The molecular weight excluding hydrogens is 280 g/mol. The summed E-state index contributed by atoms with van der Waals surface area (Å²) in [5.74, 6) is 2.58. The summed E-state index contributed by atoms with van der Waals surface area (Å²) in [6.07, 6.45) is 5.05. The largest absolute Gasteiger partial charge is 0.490 e. The van der Waals surface area contributed by atoms with Crippen molar-refractivity contribution in [2.75, 3.05) is 6.26 Å². The normalized spacial score (nSPS) is 21.0. The maximum Gasteiger partial charge on any atom is 0.137 e. The van der Waals surface area contributed by atoms with Crippen LogP contribution in [-0.2, 0) is 0 Å². The van der Waals surface area contributed by atoms with Gasteiger partial charge >= 0.3 is 0 Å². The molecular formula is C17H20N2OS. The molecule has 1 aromatic heterocycles. The lowest BCUT2D eigenvalue weighted by molar-refractivity contribution is 0.118. The van der Waals surface area contributed by atoms with Crippen molar-refractivity contribution in [3.05, 3.63) is 47.9 Å². The number of nitrogens with zero attached hydrogens (tertiary/aromatic N) is 2. The van der Waals surface area contributed by atoms with Crippen LogP contribution in [0.5, 0.6) is 5.75 Å². The molecule has 0 amide bonds. The average Bonchev–Trinajstić information content (AvgIpc) is 2.53. The monoisotopic (exact) mass is 300 g/mol. The number of hydrogen-bond acceptors (Lipinski definition) is 4. The van der Waals surface area contributed by atoms with Gasteiger partial charge in [-0.1, -0.05) is 32.0 Å². The Hall–Kier alpha value is -1.55. The molecule has 4 heteroatoms. The Morgan fingerprint density at radius 2 is 2.05 bits per heavy atom. The SMILES string of the molecule is CSc1ccnc(C2CC(C(C)C)Oc3ccccc32)n1. The van der Waals surface area contributed by atoms with E-state index >= 15 is 0 Å². The number of aromatic nitrogens is 2. The summed E-state index contributed by atoms with van der Waals surface area (Å²) in [5, 5.41) is 1.02. The first-order valence-corrected chi connectivity index (χ1v) is 8.54. The number of rotatable bonds is 3. The zero-order valence-corrected chi connectivity index (χ0v) is 13.4. The standard InChI is InChI=1S/C17H20N2OS/c1-11(2)15-10-13(12-6-4-5-7-14(12)20-15)17-18-9-8-16(19-17)21-3/h4-9,11,13,15H,10H2,1-3H3. The summed E-state index contributed by atoms with van der Waals surface area (Å²) in [6, 6.07) is 10.2. The quantitative estimate of drug-likeness (QED) is 0.630. The van der Waals surface area contributed by atoms with Gasteiger partial charge in [-0.05, 0) is 30.7 Å². The highest BCUT2D eigenvalue weighted by molar-refractivity contribution is 7.98. The molecule has 21 heavy (non-hydrogen) atoms. The van der Waals surface area contributed by atoms with E-state index in [1.807, 2.05) is 24.6 Å². The molecule has 0 bridgehead atoms. The fourth-order valence-corrected chi connectivity index (χ4v) is 3.12. The Balaban J connectivity index is 2.03. The van der Waals surface area contributed by atoms with Crippen molar-refractivity contribution in [1.82, 2.24) is 9.97 Å². The lowest BCUT2D eigenvalue weighted by Gasteiger charge is -2.33. The molecule has 2 atom stereocenters. The maximum absolute atomic E-state index is 6.14. The van der Waals surface area contributed by atoms with Crippen molar-refractivity contribution in [1.29, 1.82) is 0 Å². The Morgan fingerprint density at radius 3 is 2.81 bits per heavy atom. The zero-order chi connectivity index (χ0) is 14.8. The fraction of sp³-hybridized carbons (Fsp3) is 0.412. The van der Waals surface area contributed by atoms with E-state index in [9.17, 15) is 0 Å². The van der Waals surface area contributed by atoms with Crippen LogP contribution >= 0.6 is 11.8 Å². The van der Waals surface area contributed by atoms with Gasteiger partial charge in [0.25, 0.3) is 0 Å². The Bertz CT molecular complexity index is 630. The first kappa shape index (κ1) is 14.4. The van der Waals surface area contributed by atoms with Crippen LogP contribution in [-0.4, -0.2) is 22.3 Å². The van der Waals surface area contributed by atoms with Gasteiger partial charge in [-0.25, -0.2) is 9.97 Å². The van der Waals surface area contributed by atoms with E-state index in [1.165, 1.54) is 5.56 Å². The van der Waals surface area contributed by atoms with E-state index < -0.39 is 0 Å². The fourth-order valence-electron chi connectivity index (χ4n) is 2.74. The molecule has 0 saturated carbocycles. The van der Waals surface area contributed by atoms with Crippen LogP contribution in [0.1, 0.15) is 37.6 Å². The molecule has 1 aliphatic rings. The molecule has 1 aliphatic heterocycles. The number of hydrogen-bond donors (Lipinski definition) is 0. The van der Waals surface area contributed by atoms with Crippen molar-refractivity contribution >= 4 is 11.8 Å². The van der Waals surface area contributed by atoms with Crippen molar-refractivity contribution in [3.8, 4) is 5.75 Å². The van der Waals surface area contributed by atoms with Gasteiger partial charge in [0.05, 0.1) is 10.9 Å². The molecule has 3 nitrogen and oxygen atoms in total. The predicted molar refractivity (Wildman–Crippen MR) is 86.0 cm³/mol. The van der Waals surface area contributed by atoms with E-state index in [0.717, 1.165) is 23.0 Å². The van der Waals surface area contributed by atoms with Gasteiger partial charge < -0.3 is 4.74 Å².